The minimum absolute atomic E-state index is 0.295. The van der Waals surface area contributed by atoms with Crippen LogP contribution in [0.3, 0.4) is 0 Å². The number of aryl methyl sites for hydroxylation is 1. The van der Waals surface area contributed by atoms with E-state index in [0.29, 0.717) is 24.9 Å². The van der Waals surface area contributed by atoms with E-state index in [1.807, 2.05) is 18.2 Å². The highest BCUT2D eigenvalue weighted by Gasteiger charge is 2.43. The topological polar surface area (TPSA) is 77.2 Å². The van der Waals surface area contributed by atoms with Gasteiger partial charge in [-0.2, -0.15) is 0 Å². The van der Waals surface area contributed by atoms with Crippen LogP contribution in [0.25, 0.3) is 0 Å². The third-order valence-corrected chi connectivity index (χ3v) is 5.96. The largest absolute Gasteiger partial charge is 0.623 e. The predicted molar refractivity (Wildman–Crippen MR) is 109 cm³/mol. The molecule has 2 atom stereocenters. The summed E-state index contributed by atoms with van der Waals surface area (Å²) < 4.78 is 4.90. The third kappa shape index (κ3) is 5.03. The molecule has 0 aliphatic carbocycles. The van der Waals surface area contributed by atoms with Crippen LogP contribution < -0.4 is 9.96 Å². The quantitative estimate of drug-likeness (QED) is 0.273. The Kier molecular flexibility index (Phi) is 7.14. The first-order valence-electron chi connectivity index (χ1n) is 9.66. The maximum absolute atomic E-state index is 13.8. The van der Waals surface area contributed by atoms with Crippen molar-refractivity contribution in [2.24, 2.45) is 0 Å². The van der Waals surface area contributed by atoms with Gasteiger partial charge in [0.15, 0.2) is 6.17 Å². The Balaban J connectivity index is 1.71. The number of rotatable bonds is 11. The number of hydroxylamine groups is 2. The van der Waals surface area contributed by atoms with E-state index in [1.165, 1.54) is 24.2 Å². The van der Waals surface area contributed by atoms with Crippen LogP contribution in [-0.4, -0.2) is 41.0 Å². The lowest BCUT2D eigenvalue weighted by Gasteiger charge is -2.39. The van der Waals surface area contributed by atoms with Gasteiger partial charge in [-0.1, -0.05) is 30.9 Å². The van der Waals surface area contributed by atoms with Crippen LogP contribution in [0.2, 0.25) is 0 Å². The molecule has 0 amide bonds. The second kappa shape index (κ2) is 9.57. The Hall–Kier alpha value is -1.58. The van der Waals surface area contributed by atoms with Crippen molar-refractivity contribution in [2.45, 2.75) is 51.7 Å². The van der Waals surface area contributed by atoms with Crippen LogP contribution in [0.1, 0.15) is 43.4 Å². The van der Waals surface area contributed by atoms with Crippen molar-refractivity contribution in [3.05, 3.63) is 47.0 Å². The zero-order valence-electron chi connectivity index (χ0n) is 16.0. The van der Waals surface area contributed by atoms with Crippen molar-refractivity contribution in [1.29, 1.82) is 0 Å². The summed E-state index contributed by atoms with van der Waals surface area (Å²) in [4.78, 5) is 2.17. The van der Waals surface area contributed by atoms with Crippen molar-refractivity contribution < 1.29 is 4.42 Å². The molecule has 3 rings (SSSR count). The van der Waals surface area contributed by atoms with Gasteiger partial charge in [0.2, 0.25) is 0 Å². The van der Waals surface area contributed by atoms with E-state index in [0.717, 1.165) is 36.6 Å². The Bertz CT molecular complexity index is 705. The molecule has 2 aromatic rings. The molecule has 1 aliphatic rings. The Morgan fingerprint density at radius 2 is 2.37 bits per heavy atom. The van der Waals surface area contributed by atoms with Crippen molar-refractivity contribution in [2.75, 3.05) is 19.8 Å². The molecule has 0 radical (unpaired) electrons. The summed E-state index contributed by atoms with van der Waals surface area (Å²) in [5.41, 5.74) is 0. The fraction of sp³-hybridized carbons (Fsp3) is 0.579. The number of nitrogens with zero attached hydrogens (tertiary/aromatic N) is 4. The average molecular weight is 392 g/mol. The van der Waals surface area contributed by atoms with Crippen LogP contribution in [0.5, 0.6) is 0 Å². The number of hydrogen-bond donors (Lipinski definition) is 1. The minimum Gasteiger partial charge on any atom is -0.623 e. The molecule has 7 nitrogen and oxygen atoms in total. The highest BCUT2D eigenvalue weighted by Crippen LogP contribution is 2.33. The van der Waals surface area contributed by atoms with Gasteiger partial charge in [-0.15, -0.1) is 11.7 Å². The van der Waals surface area contributed by atoms with Crippen molar-refractivity contribution in [1.82, 2.24) is 25.1 Å². The van der Waals surface area contributed by atoms with Crippen molar-refractivity contribution >= 4 is 16.5 Å². The Morgan fingerprint density at radius 1 is 1.48 bits per heavy atom. The lowest BCUT2D eigenvalue weighted by molar-refractivity contribution is 0.269. The number of aromatic nitrogens is 2. The molecule has 0 saturated carbocycles. The molecule has 1 aliphatic heterocycles. The number of hydrogen-bond acceptors (Lipinski definition) is 7. The molecule has 3 heterocycles. The van der Waals surface area contributed by atoms with Gasteiger partial charge in [0, 0.05) is 13.0 Å². The summed E-state index contributed by atoms with van der Waals surface area (Å²) in [6.07, 6.45) is 8.44. The van der Waals surface area contributed by atoms with Crippen LogP contribution in [-0.2, 0) is 13.0 Å². The lowest BCUT2D eigenvalue weighted by Crippen LogP contribution is -2.55. The molecule has 1 N–H and O–H groups in total. The standard InChI is InChI=1S/C19H29N5O2S/c1-3-5-7-10-18-21-22-19(27-18)24(25)15-23(11-6-4-2)14-17(24)20-13-16-9-8-12-26-16/h4,8-9,12,17,20H,2-3,5-7,10-11,13-15H2,1H3. The van der Waals surface area contributed by atoms with E-state index in [9.17, 15) is 5.21 Å². The average Bonchev–Trinajstić information content (AvgIpc) is 3.39. The second-order valence-electron chi connectivity index (χ2n) is 7.00. The monoisotopic (exact) mass is 391 g/mol. The summed E-state index contributed by atoms with van der Waals surface area (Å²) in [6, 6.07) is 3.77. The van der Waals surface area contributed by atoms with Crippen LogP contribution in [0.4, 0.5) is 5.13 Å². The summed E-state index contributed by atoms with van der Waals surface area (Å²) in [5, 5.41) is 27.2. The lowest BCUT2D eigenvalue weighted by atomic mass is 10.2. The second-order valence-corrected chi connectivity index (χ2v) is 8.04. The smallest absolute Gasteiger partial charge is 0.309 e. The zero-order chi connectivity index (χ0) is 19.1. The van der Waals surface area contributed by atoms with E-state index in [-0.39, 0.29) is 6.17 Å². The van der Waals surface area contributed by atoms with Gasteiger partial charge < -0.3 is 9.62 Å². The summed E-state index contributed by atoms with van der Waals surface area (Å²) in [6.45, 7) is 8.37. The van der Waals surface area contributed by atoms with E-state index in [4.69, 9.17) is 4.42 Å². The Labute approximate surface area is 164 Å². The zero-order valence-corrected chi connectivity index (χ0v) is 16.8. The molecule has 1 fully saturated rings. The van der Waals surface area contributed by atoms with Gasteiger partial charge >= 0.3 is 5.13 Å². The maximum Gasteiger partial charge on any atom is 0.309 e. The molecule has 2 unspecified atom stereocenters. The van der Waals surface area contributed by atoms with Gasteiger partial charge in [0.1, 0.15) is 17.4 Å². The molecular weight excluding hydrogens is 362 g/mol. The molecule has 148 valence electrons. The van der Waals surface area contributed by atoms with E-state index in [1.54, 1.807) is 6.26 Å². The van der Waals surface area contributed by atoms with Crippen LogP contribution in [0, 0.1) is 5.21 Å². The number of quaternary nitrogens is 1. The minimum atomic E-state index is -0.497. The van der Waals surface area contributed by atoms with Gasteiger partial charge in [0.05, 0.1) is 19.4 Å². The van der Waals surface area contributed by atoms with Gasteiger partial charge in [-0.3, -0.25) is 9.96 Å². The molecular formula is C19H29N5O2S. The fourth-order valence-electron chi connectivity index (χ4n) is 3.33. The number of furan rings is 1. The molecule has 0 aromatic carbocycles. The van der Waals surface area contributed by atoms with Gasteiger partial charge in [-0.05, 0) is 36.3 Å². The molecule has 0 spiro atoms. The first kappa shape index (κ1) is 20.2. The SMILES string of the molecule is C=CCCN1CC(NCc2ccco2)[N+]([O-])(c2nnc(CCCCC)s2)C1. The predicted octanol–water partition coefficient (Wildman–Crippen LogP) is 3.63. The fourth-order valence-corrected chi connectivity index (χ4v) is 4.29. The molecule has 2 aromatic heterocycles. The molecule has 0 bridgehead atoms. The molecule has 8 heteroatoms. The first-order valence-corrected chi connectivity index (χ1v) is 10.5. The summed E-state index contributed by atoms with van der Waals surface area (Å²) in [7, 11) is 0. The number of unbranched alkanes of at least 4 members (excludes halogenated alkanes) is 2. The van der Waals surface area contributed by atoms with E-state index >= 15 is 0 Å². The van der Waals surface area contributed by atoms with Crippen LogP contribution in [0.15, 0.2) is 35.5 Å². The third-order valence-electron chi connectivity index (χ3n) is 4.86. The van der Waals surface area contributed by atoms with Gasteiger partial charge in [-0.25, -0.2) is 4.90 Å². The van der Waals surface area contributed by atoms with Crippen molar-refractivity contribution in [3.63, 3.8) is 0 Å². The maximum atomic E-state index is 13.8. The van der Waals surface area contributed by atoms with Crippen LogP contribution >= 0.6 is 11.3 Å². The van der Waals surface area contributed by atoms with E-state index in [2.05, 4.69) is 33.9 Å². The van der Waals surface area contributed by atoms with Gasteiger partial charge in [0.25, 0.3) is 0 Å². The summed E-state index contributed by atoms with van der Waals surface area (Å²) in [5.74, 6) is 0.823. The number of nitrogens with one attached hydrogen (secondary N) is 1. The normalized spacial score (nSPS) is 23.1. The Morgan fingerprint density at radius 3 is 3.11 bits per heavy atom. The molecule has 1 saturated heterocycles. The van der Waals surface area contributed by atoms with Crippen molar-refractivity contribution in [3.8, 4) is 0 Å². The highest BCUT2D eigenvalue weighted by molar-refractivity contribution is 7.15. The molecule has 27 heavy (non-hydrogen) atoms. The highest BCUT2D eigenvalue weighted by atomic mass is 32.1. The summed E-state index contributed by atoms with van der Waals surface area (Å²) >= 11 is 1.46. The van der Waals surface area contributed by atoms with E-state index < -0.39 is 4.65 Å². The first-order chi connectivity index (χ1) is 13.2.